The summed E-state index contributed by atoms with van der Waals surface area (Å²) in [7, 11) is 1.65. The molecule has 114 valence electrons. The maximum Gasteiger partial charge on any atom is 0.231 e. The first-order valence-electron chi connectivity index (χ1n) is 7.66. The van der Waals surface area contributed by atoms with Gasteiger partial charge in [-0.3, -0.25) is 4.79 Å². The average Bonchev–Trinajstić information content (AvgIpc) is 3.37. The summed E-state index contributed by atoms with van der Waals surface area (Å²) in [5.74, 6) is 0.937. The van der Waals surface area contributed by atoms with Gasteiger partial charge in [-0.25, -0.2) is 0 Å². The highest BCUT2D eigenvalue weighted by Gasteiger charge is 2.51. The van der Waals surface area contributed by atoms with E-state index in [0.717, 1.165) is 29.7 Å². The Hall–Kier alpha value is -2.29. The van der Waals surface area contributed by atoms with E-state index in [1.54, 1.807) is 7.11 Å². The molecule has 2 aromatic rings. The van der Waals surface area contributed by atoms with Crippen LogP contribution in [0, 0.1) is 0 Å². The molecule has 0 spiro atoms. The molecule has 1 aliphatic carbocycles. The van der Waals surface area contributed by atoms with Gasteiger partial charge in [0.15, 0.2) is 0 Å². The van der Waals surface area contributed by atoms with Crippen LogP contribution in [-0.4, -0.2) is 13.0 Å². The second-order valence-electron chi connectivity index (χ2n) is 5.92. The third-order valence-corrected chi connectivity index (χ3v) is 4.47. The van der Waals surface area contributed by atoms with Gasteiger partial charge in [0, 0.05) is 0 Å². The molecule has 1 N–H and O–H groups in total. The molecule has 0 radical (unpaired) electrons. The Morgan fingerprint density at radius 3 is 2.27 bits per heavy atom. The largest absolute Gasteiger partial charge is 0.497 e. The van der Waals surface area contributed by atoms with Crippen molar-refractivity contribution in [1.29, 1.82) is 0 Å². The summed E-state index contributed by atoms with van der Waals surface area (Å²) in [5.41, 5.74) is 1.85. The van der Waals surface area contributed by atoms with E-state index in [0.29, 0.717) is 0 Å². The van der Waals surface area contributed by atoms with Crippen LogP contribution in [0.4, 0.5) is 0 Å². The molecular weight excluding hydrogens is 274 g/mol. The third kappa shape index (κ3) is 2.71. The molecule has 0 saturated heterocycles. The van der Waals surface area contributed by atoms with E-state index in [1.807, 2.05) is 61.5 Å². The lowest BCUT2D eigenvalue weighted by Crippen LogP contribution is -2.36. The molecule has 1 atom stereocenters. The molecule has 1 amide bonds. The van der Waals surface area contributed by atoms with Crippen LogP contribution in [0.3, 0.4) is 0 Å². The highest BCUT2D eigenvalue weighted by Crippen LogP contribution is 2.49. The predicted octanol–water partition coefficient (Wildman–Crippen LogP) is 3.60. The van der Waals surface area contributed by atoms with Gasteiger partial charge in [0.1, 0.15) is 5.75 Å². The summed E-state index contributed by atoms with van der Waals surface area (Å²) < 4.78 is 5.18. The monoisotopic (exact) mass is 295 g/mol. The van der Waals surface area contributed by atoms with Crippen molar-refractivity contribution in [2.75, 3.05) is 7.11 Å². The van der Waals surface area contributed by atoms with Crippen molar-refractivity contribution in [3.63, 3.8) is 0 Å². The van der Waals surface area contributed by atoms with Crippen molar-refractivity contribution in [3.8, 4) is 5.75 Å². The van der Waals surface area contributed by atoms with Crippen LogP contribution in [0.15, 0.2) is 54.6 Å². The summed E-state index contributed by atoms with van der Waals surface area (Å²) in [6.45, 7) is 2.03. The molecule has 1 fully saturated rings. The van der Waals surface area contributed by atoms with Crippen LogP contribution in [0.5, 0.6) is 5.75 Å². The maximum absolute atomic E-state index is 12.7. The summed E-state index contributed by atoms with van der Waals surface area (Å²) in [4.78, 5) is 12.7. The number of benzene rings is 2. The van der Waals surface area contributed by atoms with Gasteiger partial charge in [-0.2, -0.15) is 0 Å². The molecule has 2 aromatic carbocycles. The fraction of sp³-hybridized carbons (Fsp3) is 0.316. The van der Waals surface area contributed by atoms with Crippen molar-refractivity contribution in [3.05, 3.63) is 65.7 Å². The first kappa shape index (κ1) is 14.6. The Labute approximate surface area is 131 Å². The average molecular weight is 295 g/mol. The molecule has 22 heavy (non-hydrogen) atoms. The zero-order chi connectivity index (χ0) is 15.6. The van der Waals surface area contributed by atoms with E-state index in [-0.39, 0.29) is 17.4 Å². The van der Waals surface area contributed by atoms with Crippen LogP contribution < -0.4 is 10.1 Å². The minimum Gasteiger partial charge on any atom is -0.497 e. The fourth-order valence-corrected chi connectivity index (χ4v) is 2.84. The summed E-state index contributed by atoms with van der Waals surface area (Å²) in [5, 5.41) is 3.16. The third-order valence-electron chi connectivity index (χ3n) is 4.47. The smallest absolute Gasteiger partial charge is 0.231 e. The lowest BCUT2D eigenvalue weighted by Gasteiger charge is -2.20. The van der Waals surface area contributed by atoms with Gasteiger partial charge < -0.3 is 10.1 Å². The molecule has 1 saturated carbocycles. The summed E-state index contributed by atoms with van der Waals surface area (Å²) in [6, 6.07) is 17.9. The number of nitrogens with one attached hydrogen (secondary N) is 1. The second-order valence-corrected chi connectivity index (χ2v) is 5.92. The molecular formula is C19H21NO2. The Kier molecular flexibility index (Phi) is 3.88. The van der Waals surface area contributed by atoms with Gasteiger partial charge in [-0.05, 0) is 43.0 Å². The topological polar surface area (TPSA) is 38.3 Å². The van der Waals surface area contributed by atoms with Gasteiger partial charge >= 0.3 is 0 Å². The quantitative estimate of drug-likeness (QED) is 0.915. The number of hydrogen-bond acceptors (Lipinski definition) is 2. The molecule has 0 bridgehead atoms. The molecule has 1 aliphatic rings. The Morgan fingerprint density at radius 2 is 1.73 bits per heavy atom. The lowest BCUT2D eigenvalue weighted by atomic mass is 9.94. The van der Waals surface area contributed by atoms with Crippen LogP contribution in [0.1, 0.15) is 36.9 Å². The predicted molar refractivity (Wildman–Crippen MR) is 86.9 cm³/mol. The minimum absolute atomic E-state index is 0.0180. The van der Waals surface area contributed by atoms with Crippen molar-refractivity contribution in [2.45, 2.75) is 31.2 Å². The van der Waals surface area contributed by atoms with E-state index in [1.165, 1.54) is 0 Å². The van der Waals surface area contributed by atoms with Crippen LogP contribution in [0.25, 0.3) is 0 Å². The van der Waals surface area contributed by atoms with Crippen LogP contribution >= 0.6 is 0 Å². The van der Waals surface area contributed by atoms with Crippen molar-refractivity contribution < 1.29 is 9.53 Å². The standard InChI is InChI=1S/C19H21NO2/c1-14(15-6-4-3-5-7-15)20-18(21)19(12-13-19)16-8-10-17(22-2)11-9-16/h3-11,14H,12-13H2,1-2H3,(H,20,21). The van der Waals surface area contributed by atoms with E-state index in [4.69, 9.17) is 4.74 Å². The zero-order valence-corrected chi connectivity index (χ0v) is 13.0. The lowest BCUT2D eigenvalue weighted by molar-refractivity contribution is -0.124. The van der Waals surface area contributed by atoms with Crippen LogP contribution in [0.2, 0.25) is 0 Å². The van der Waals surface area contributed by atoms with E-state index in [2.05, 4.69) is 5.32 Å². The molecule has 0 aromatic heterocycles. The summed E-state index contributed by atoms with van der Waals surface area (Å²) >= 11 is 0. The number of carbonyl (C=O) groups excluding carboxylic acids is 1. The number of carbonyl (C=O) groups is 1. The van der Waals surface area contributed by atoms with Crippen molar-refractivity contribution in [2.24, 2.45) is 0 Å². The number of amides is 1. The minimum atomic E-state index is -0.352. The molecule has 3 rings (SSSR count). The second kappa shape index (κ2) is 5.84. The molecule has 1 unspecified atom stereocenters. The Bertz CT molecular complexity index is 645. The normalized spacial score (nSPS) is 16.6. The highest BCUT2D eigenvalue weighted by atomic mass is 16.5. The SMILES string of the molecule is COc1ccc(C2(C(=O)NC(C)c3ccccc3)CC2)cc1. The molecule has 0 aliphatic heterocycles. The van der Waals surface area contributed by atoms with E-state index in [9.17, 15) is 4.79 Å². The number of rotatable bonds is 5. The van der Waals surface area contributed by atoms with Gasteiger partial charge in [0.05, 0.1) is 18.6 Å². The van der Waals surface area contributed by atoms with E-state index < -0.39 is 0 Å². The number of ether oxygens (including phenoxy) is 1. The van der Waals surface area contributed by atoms with Gasteiger partial charge in [0.2, 0.25) is 5.91 Å². The Morgan fingerprint density at radius 1 is 1.09 bits per heavy atom. The first-order valence-corrected chi connectivity index (χ1v) is 7.66. The van der Waals surface area contributed by atoms with Crippen molar-refractivity contribution in [1.82, 2.24) is 5.32 Å². The van der Waals surface area contributed by atoms with Crippen molar-refractivity contribution >= 4 is 5.91 Å². The maximum atomic E-state index is 12.7. The first-order chi connectivity index (χ1) is 10.7. The zero-order valence-electron chi connectivity index (χ0n) is 13.0. The number of methoxy groups -OCH3 is 1. The van der Waals surface area contributed by atoms with Gasteiger partial charge in [-0.15, -0.1) is 0 Å². The Balaban J connectivity index is 1.73. The highest BCUT2D eigenvalue weighted by molar-refractivity contribution is 5.91. The van der Waals surface area contributed by atoms with E-state index >= 15 is 0 Å². The fourth-order valence-electron chi connectivity index (χ4n) is 2.84. The molecule has 0 heterocycles. The van der Waals surface area contributed by atoms with Crippen LogP contribution in [-0.2, 0) is 10.2 Å². The summed E-state index contributed by atoms with van der Waals surface area (Å²) in [6.07, 6.45) is 1.82. The molecule has 3 heteroatoms. The number of hydrogen-bond donors (Lipinski definition) is 1. The molecule has 3 nitrogen and oxygen atoms in total. The van der Waals surface area contributed by atoms with Gasteiger partial charge in [-0.1, -0.05) is 42.5 Å². The van der Waals surface area contributed by atoms with Gasteiger partial charge in [0.25, 0.3) is 0 Å².